The van der Waals surface area contributed by atoms with Crippen molar-refractivity contribution in [3.63, 3.8) is 0 Å². The van der Waals surface area contributed by atoms with Gasteiger partial charge in [-0.05, 0) is 44.9 Å². The predicted octanol–water partition coefficient (Wildman–Crippen LogP) is 11.3. The lowest BCUT2D eigenvalue weighted by molar-refractivity contribution is -0.122. The SMILES string of the molecule is CC/C=C\C/C=C\C/C=C\C/C=C\C/C=C\CC(=O)NC(COP(=O)(O)OCCN)C(O)/C=C/CCCCCCCCCCCCCCCCCC. The summed E-state index contributed by atoms with van der Waals surface area (Å²) in [5.74, 6) is -0.323. The van der Waals surface area contributed by atoms with Crippen LogP contribution in [0.5, 0.6) is 0 Å². The van der Waals surface area contributed by atoms with Gasteiger partial charge in [0.05, 0.1) is 25.4 Å². The van der Waals surface area contributed by atoms with E-state index in [1.54, 1.807) is 12.2 Å². The van der Waals surface area contributed by atoms with Gasteiger partial charge < -0.3 is 21.1 Å². The van der Waals surface area contributed by atoms with Crippen LogP contribution in [0.3, 0.4) is 0 Å². The number of phosphoric acid groups is 1. The largest absolute Gasteiger partial charge is 0.472 e. The molecule has 0 fully saturated rings. The Kier molecular flexibility index (Phi) is 37.1. The zero-order valence-corrected chi connectivity index (χ0v) is 33.9. The van der Waals surface area contributed by atoms with Crippen molar-refractivity contribution >= 4 is 13.7 Å². The van der Waals surface area contributed by atoms with E-state index < -0.39 is 20.0 Å². The number of nitrogens with two attached hydrogens (primary N) is 1. The molecule has 0 aromatic rings. The van der Waals surface area contributed by atoms with E-state index in [4.69, 9.17) is 14.8 Å². The van der Waals surface area contributed by atoms with Crippen molar-refractivity contribution < 1.29 is 28.4 Å². The first kappa shape index (κ1) is 49.9. The van der Waals surface area contributed by atoms with Crippen LogP contribution in [0.1, 0.15) is 162 Å². The van der Waals surface area contributed by atoms with Gasteiger partial charge in [0.15, 0.2) is 0 Å². The molecular weight excluding hydrogens is 671 g/mol. The molecule has 0 bridgehead atoms. The van der Waals surface area contributed by atoms with E-state index in [0.717, 1.165) is 44.9 Å². The number of nitrogens with one attached hydrogen (secondary N) is 1. The topological polar surface area (TPSA) is 131 Å². The molecule has 0 spiro atoms. The maximum Gasteiger partial charge on any atom is 0.472 e. The van der Waals surface area contributed by atoms with Gasteiger partial charge in [-0.3, -0.25) is 13.8 Å². The van der Waals surface area contributed by atoms with E-state index in [-0.39, 0.29) is 32.1 Å². The zero-order chi connectivity index (χ0) is 38.2. The van der Waals surface area contributed by atoms with Crippen molar-refractivity contribution in [1.29, 1.82) is 0 Å². The molecule has 0 aromatic heterocycles. The summed E-state index contributed by atoms with van der Waals surface area (Å²) in [6.07, 6.45) is 49.8. The molecule has 0 radical (unpaired) electrons. The highest BCUT2D eigenvalue weighted by molar-refractivity contribution is 7.47. The number of carbonyl (C=O) groups excluding carboxylic acids is 1. The number of rotatable bonds is 37. The fourth-order valence-corrected chi connectivity index (χ4v) is 6.25. The van der Waals surface area contributed by atoms with Gasteiger partial charge in [0.25, 0.3) is 0 Å². The van der Waals surface area contributed by atoms with Crippen LogP contribution in [0, 0.1) is 0 Å². The molecule has 5 N–H and O–H groups in total. The van der Waals surface area contributed by atoms with Gasteiger partial charge in [-0.1, -0.05) is 183 Å². The third-order valence-corrected chi connectivity index (χ3v) is 9.55. The Morgan fingerprint density at radius 1 is 0.654 bits per heavy atom. The minimum Gasteiger partial charge on any atom is -0.387 e. The highest BCUT2D eigenvalue weighted by Crippen LogP contribution is 2.43. The van der Waals surface area contributed by atoms with E-state index in [0.29, 0.717) is 6.42 Å². The first-order valence-electron chi connectivity index (χ1n) is 20.6. The summed E-state index contributed by atoms with van der Waals surface area (Å²) in [7, 11) is -4.36. The van der Waals surface area contributed by atoms with Crippen LogP contribution in [0.15, 0.2) is 72.9 Å². The maximum absolute atomic E-state index is 12.7. The summed E-state index contributed by atoms with van der Waals surface area (Å²) in [5, 5.41) is 13.6. The van der Waals surface area contributed by atoms with Gasteiger partial charge >= 0.3 is 7.82 Å². The molecule has 0 aromatic carbocycles. The normalized spacial score (nSPS) is 14.9. The molecule has 52 heavy (non-hydrogen) atoms. The number of hydrogen-bond acceptors (Lipinski definition) is 6. The smallest absolute Gasteiger partial charge is 0.387 e. The van der Waals surface area contributed by atoms with Gasteiger partial charge in [-0.2, -0.15) is 0 Å². The summed E-state index contributed by atoms with van der Waals surface area (Å²) in [4.78, 5) is 22.6. The molecule has 0 heterocycles. The standard InChI is InChI=1S/C43H77N2O6P/c1-3-5-7-9-11-13-15-17-19-20-21-23-24-26-28-30-32-34-36-42(46)41(40-51-52(48,49)50-39-38-44)45-43(47)37-35-33-31-29-27-25-22-18-16-14-12-10-8-6-4-2/h6,8,12,14,18,22,27,29,33-36,41-42,46H,3-5,7,9-11,13,15-17,19-21,23-26,28,30-32,37-40,44H2,1-2H3,(H,45,47)(H,48,49)/b8-6-,14-12-,22-18-,29-27-,35-33-,36-34+. The molecule has 3 atom stereocenters. The second-order valence-corrected chi connectivity index (χ2v) is 14.9. The van der Waals surface area contributed by atoms with Gasteiger partial charge in [0, 0.05) is 13.0 Å². The lowest BCUT2D eigenvalue weighted by Gasteiger charge is -2.23. The first-order chi connectivity index (χ1) is 25.4. The van der Waals surface area contributed by atoms with E-state index in [9.17, 15) is 19.4 Å². The lowest BCUT2D eigenvalue weighted by Crippen LogP contribution is -2.45. The van der Waals surface area contributed by atoms with Crippen LogP contribution in [-0.4, -0.2) is 47.8 Å². The number of carbonyl (C=O) groups is 1. The second kappa shape index (κ2) is 38.7. The molecule has 9 heteroatoms. The third-order valence-electron chi connectivity index (χ3n) is 8.57. The minimum absolute atomic E-state index is 0.0615. The van der Waals surface area contributed by atoms with Crippen LogP contribution in [0.25, 0.3) is 0 Å². The lowest BCUT2D eigenvalue weighted by atomic mass is 10.0. The fraction of sp³-hybridized carbons (Fsp3) is 0.698. The number of hydrogen-bond donors (Lipinski definition) is 4. The number of aliphatic hydroxyl groups excluding tert-OH is 1. The summed E-state index contributed by atoms with van der Waals surface area (Å²) in [5.41, 5.74) is 5.36. The quantitative estimate of drug-likeness (QED) is 0.0282. The van der Waals surface area contributed by atoms with Crippen molar-refractivity contribution in [3.05, 3.63) is 72.9 Å². The number of aliphatic hydroxyl groups is 1. The highest BCUT2D eigenvalue weighted by atomic mass is 31.2. The molecular formula is C43H77N2O6P. The molecule has 0 aliphatic heterocycles. The Morgan fingerprint density at radius 2 is 1.10 bits per heavy atom. The number of unbranched alkanes of at least 4 members (excludes halogenated alkanes) is 16. The zero-order valence-electron chi connectivity index (χ0n) is 33.0. The van der Waals surface area contributed by atoms with Crippen LogP contribution in [0.2, 0.25) is 0 Å². The number of amides is 1. The van der Waals surface area contributed by atoms with Gasteiger partial charge in [0.2, 0.25) is 5.91 Å². The highest BCUT2D eigenvalue weighted by Gasteiger charge is 2.26. The van der Waals surface area contributed by atoms with Gasteiger partial charge in [-0.25, -0.2) is 4.57 Å². The molecule has 300 valence electrons. The molecule has 0 saturated carbocycles. The van der Waals surface area contributed by atoms with Crippen molar-refractivity contribution in [1.82, 2.24) is 5.32 Å². The van der Waals surface area contributed by atoms with Crippen LogP contribution >= 0.6 is 7.82 Å². The van der Waals surface area contributed by atoms with E-state index in [1.165, 1.54) is 89.9 Å². The van der Waals surface area contributed by atoms with Crippen LogP contribution < -0.4 is 11.1 Å². The Morgan fingerprint density at radius 3 is 1.56 bits per heavy atom. The van der Waals surface area contributed by atoms with Crippen molar-refractivity contribution in [2.45, 2.75) is 174 Å². The van der Waals surface area contributed by atoms with E-state index in [1.807, 2.05) is 12.2 Å². The van der Waals surface area contributed by atoms with E-state index in [2.05, 4.69) is 67.8 Å². The molecule has 0 aliphatic rings. The summed E-state index contributed by atoms with van der Waals surface area (Å²) in [6.45, 7) is 3.93. The monoisotopic (exact) mass is 749 g/mol. The van der Waals surface area contributed by atoms with Crippen molar-refractivity contribution in [2.24, 2.45) is 5.73 Å². The van der Waals surface area contributed by atoms with Gasteiger partial charge in [0.1, 0.15) is 0 Å². The summed E-state index contributed by atoms with van der Waals surface area (Å²) >= 11 is 0. The van der Waals surface area contributed by atoms with Crippen LogP contribution in [-0.2, 0) is 18.4 Å². The molecule has 0 saturated heterocycles. The molecule has 0 aliphatic carbocycles. The molecule has 0 rings (SSSR count). The minimum atomic E-state index is -4.36. The van der Waals surface area contributed by atoms with Crippen molar-refractivity contribution in [3.8, 4) is 0 Å². The van der Waals surface area contributed by atoms with Gasteiger partial charge in [-0.15, -0.1) is 0 Å². The summed E-state index contributed by atoms with van der Waals surface area (Å²) in [6, 6.07) is -0.917. The first-order valence-corrected chi connectivity index (χ1v) is 22.1. The Balaban J connectivity index is 4.40. The third kappa shape index (κ3) is 36.3. The second-order valence-electron chi connectivity index (χ2n) is 13.5. The Hall–Kier alpha value is -2.06. The average Bonchev–Trinajstić information content (AvgIpc) is 3.13. The predicted molar refractivity (Wildman–Crippen MR) is 221 cm³/mol. The van der Waals surface area contributed by atoms with Crippen molar-refractivity contribution in [2.75, 3.05) is 19.8 Å². The average molecular weight is 749 g/mol. The molecule has 1 amide bonds. The Labute approximate surface area is 318 Å². The fourth-order valence-electron chi connectivity index (χ4n) is 5.49. The number of phosphoric ester groups is 1. The Bertz CT molecular complexity index is 1040. The van der Waals surface area contributed by atoms with E-state index >= 15 is 0 Å². The summed E-state index contributed by atoms with van der Waals surface area (Å²) < 4.78 is 22.0. The van der Waals surface area contributed by atoms with Crippen LogP contribution in [0.4, 0.5) is 0 Å². The number of allylic oxidation sites excluding steroid dienone is 10. The molecule has 8 nitrogen and oxygen atoms in total. The molecule has 3 unspecified atom stereocenters. The maximum atomic E-state index is 12.7.